The molecule has 0 saturated carbocycles. The molecule has 1 aromatic heterocycles. The number of alkyl halides is 3. The number of carbonyl (C=O) groups is 1. The van der Waals surface area contributed by atoms with Crippen molar-refractivity contribution >= 4 is 94.2 Å². The van der Waals surface area contributed by atoms with Crippen LogP contribution in [0.25, 0.3) is 21.4 Å². The van der Waals surface area contributed by atoms with E-state index in [2.05, 4.69) is 37.2 Å². The van der Waals surface area contributed by atoms with Crippen molar-refractivity contribution in [2.45, 2.75) is 10.0 Å². The van der Waals surface area contributed by atoms with E-state index in [0.717, 1.165) is 25.8 Å². The highest BCUT2D eigenvalue weighted by atomic mass is 79.9. The molecule has 0 spiro atoms. The molecule has 1 atom stereocenters. The molecule has 1 heterocycles. The topological polar surface area (TPSA) is 68.5 Å². The number of hydrogen-bond acceptors (Lipinski definition) is 5. The first-order chi connectivity index (χ1) is 15.6. The zero-order valence-corrected chi connectivity index (χ0v) is 22.5. The third kappa shape index (κ3) is 5.75. The molecule has 0 radical (unpaired) electrons. The average molecular weight is 653 g/mol. The Morgan fingerprint density at radius 2 is 1.58 bits per heavy atom. The number of hydrogen-bond donors (Lipinski definition) is 1. The molecule has 5 nitrogen and oxygen atoms in total. The number of ether oxygens (including phenoxy) is 1. The molecule has 0 saturated heterocycles. The zero-order valence-electron chi connectivity index (χ0n) is 16.3. The van der Waals surface area contributed by atoms with Crippen LogP contribution in [0.2, 0.25) is 0 Å². The molecule has 11 heteroatoms. The van der Waals surface area contributed by atoms with E-state index in [0.29, 0.717) is 27.2 Å². The lowest BCUT2D eigenvalue weighted by Gasteiger charge is -2.27. The van der Waals surface area contributed by atoms with Crippen molar-refractivity contribution in [1.82, 2.24) is 5.32 Å². The van der Waals surface area contributed by atoms with Crippen LogP contribution < -0.4 is 15.0 Å². The van der Waals surface area contributed by atoms with E-state index >= 15 is 0 Å². The number of halogens is 5. The van der Waals surface area contributed by atoms with Gasteiger partial charge in [0.15, 0.2) is 0 Å². The number of nitrogens with one attached hydrogen (secondary N) is 1. The lowest BCUT2D eigenvalue weighted by Crippen LogP contribution is -2.47. The summed E-state index contributed by atoms with van der Waals surface area (Å²) < 4.78 is 11.6. The standard InChI is InChI=1S/C22H12Br2Cl3NO4S/c23-13-5-1-11(2-6-13)17-15(9-10-16-18(17)33-21(30)32-16)31-20(22(25,26)27)28-19(29)12-3-7-14(24)8-4-12/h1-10,20H,(H,28,29)/t20-/m0/s1. The van der Waals surface area contributed by atoms with E-state index in [4.69, 9.17) is 44.0 Å². The minimum Gasteiger partial charge on any atom is -0.465 e. The number of fused-ring (bicyclic) bond motifs is 1. The van der Waals surface area contributed by atoms with Crippen LogP contribution >= 0.6 is 78.0 Å². The fraction of sp³-hybridized carbons (Fsp3) is 0.0909. The van der Waals surface area contributed by atoms with Crippen LogP contribution in [0.15, 0.2) is 78.8 Å². The van der Waals surface area contributed by atoms with Crippen LogP contribution in [0.5, 0.6) is 5.75 Å². The minimum absolute atomic E-state index is 0.300. The summed E-state index contributed by atoms with van der Waals surface area (Å²) in [5.74, 6) is -0.188. The van der Waals surface area contributed by atoms with Gasteiger partial charge in [0.25, 0.3) is 5.91 Å². The van der Waals surface area contributed by atoms with E-state index in [1.807, 2.05) is 24.3 Å². The summed E-state index contributed by atoms with van der Waals surface area (Å²) in [4.78, 5) is 24.2. The average Bonchev–Trinajstić information content (AvgIpc) is 3.14. The van der Waals surface area contributed by atoms with E-state index in [-0.39, 0.29) is 0 Å². The van der Waals surface area contributed by atoms with Gasteiger partial charge >= 0.3 is 4.94 Å². The van der Waals surface area contributed by atoms with Gasteiger partial charge in [-0.1, -0.05) is 90.1 Å². The Labute approximate surface area is 223 Å². The molecule has 0 bridgehead atoms. The van der Waals surface area contributed by atoms with E-state index < -0.39 is 20.9 Å². The van der Waals surface area contributed by atoms with E-state index in [1.165, 1.54) is 0 Å². The van der Waals surface area contributed by atoms with Crippen molar-refractivity contribution in [3.8, 4) is 16.9 Å². The second kappa shape index (κ2) is 9.98. The Hall–Kier alpha value is -1.55. The van der Waals surface area contributed by atoms with E-state index in [9.17, 15) is 9.59 Å². The van der Waals surface area contributed by atoms with Crippen LogP contribution in [0.1, 0.15) is 10.4 Å². The van der Waals surface area contributed by atoms with Gasteiger partial charge in [-0.25, -0.2) is 4.79 Å². The second-order valence-electron chi connectivity index (χ2n) is 6.75. The first-order valence-electron chi connectivity index (χ1n) is 9.24. The van der Waals surface area contributed by atoms with Crippen LogP contribution in [-0.4, -0.2) is 15.9 Å². The molecule has 4 aromatic rings. The Bertz CT molecular complexity index is 1370. The number of amides is 1. The summed E-state index contributed by atoms with van der Waals surface area (Å²) in [5.41, 5.74) is 2.09. The predicted octanol–water partition coefficient (Wildman–Crippen LogP) is 7.55. The molecule has 4 rings (SSSR count). The molecule has 170 valence electrons. The highest BCUT2D eigenvalue weighted by Crippen LogP contribution is 2.41. The van der Waals surface area contributed by atoms with Crippen LogP contribution in [0, 0.1) is 0 Å². The summed E-state index contributed by atoms with van der Waals surface area (Å²) in [6.45, 7) is 0. The van der Waals surface area contributed by atoms with Crippen molar-refractivity contribution in [3.05, 3.63) is 84.9 Å². The summed E-state index contributed by atoms with van der Waals surface area (Å²) in [6.07, 6.45) is -1.34. The van der Waals surface area contributed by atoms with Crippen molar-refractivity contribution in [2.24, 2.45) is 0 Å². The quantitative estimate of drug-likeness (QED) is 0.179. The lowest BCUT2D eigenvalue weighted by molar-refractivity contribution is 0.0834. The third-order valence-corrected chi connectivity index (χ3v) is 7.02. The van der Waals surface area contributed by atoms with Crippen LogP contribution in [0.3, 0.4) is 0 Å². The van der Waals surface area contributed by atoms with Crippen LogP contribution in [-0.2, 0) is 0 Å². The van der Waals surface area contributed by atoms with E-state index in [1.54, 1.807) is 36.4 Å². The van der Waals surface area contributed by atoms with Gasteiger partial charge in [-0.05, 0) is 54.1 Å². The maximum atomic E-state index is 12.8. The largest absolute Gasteiger partial charge is 0.465 e. The molecule has 0 aliphatic heterocycles. The number of benzene rings is 3. The molecular formula is C22H12Br2Cl3NO4S. The molecule has 0 fully saturated rings. The fourth-order valence-electron chi connectivity index (χ4n) is 3.02. The third-order valence-electron chi connectivity index (χ3n) is 4.51. The van der Waals surface area contributed by atoms with Gasteiger partial charge in [-0.3, -0.25) is 4.79 Å². The highest BCUT2D eigenvalue weighted by molar-refractivity contribution is 9.10. The second-order valence-corrected chi connectivity index (χ2v) is 11.9. The van der Waals surface area contributed by atoms with Crippen molar-refractivity contribution in [2.75, 3.05) is 0 Å². The SMILES string of the molecule is O=C(N[C@@H](Oc1ccc2oc(=O)sc2c1-c1ccc(Br)cc1)C(Cl)(Cl)Cl)c1ccc(Br)cc1. The Balaban J connectivity index is 1.75. The fourth-order valence-corrected chi connectivity index (χ4v) is 4.67. The minimum atomic E-state index is -2.00. The van der Waals surface area contributed by atoms with Crippen molar-refractivity contribution in [1.29, 1.82) is 0 Å². The molecule has 3 aromatic carbocycles. The molecule has 1 N–H and O–H groups in total. The maximum Gasteiger partial charge on any atom is 0.396 e. The summed E-state index contributed by atoms with van der Waals surface area (Å²) in [5, 5.41) is 2.62. The molecule has 1 amide bonds. The first kappa shape index (κ1) is 24.6. The predicted molar refractivity (Wildman–Crippen MR) is 140 cm³/mol. The molecule has 33 heavy (non-hydrogen) atoms. The first-order valence-corrected chi connectivity index (χ1v) is 12.8. The summed E-state index contributed by atoms with van der Waals surface area (Å²) in [6, 6.07) is 17.3. The molecule has 0 unspecified atom stereocenters. The van der Waals surface area contributed by atoms with Gasteiger partial charge < -0.3 is 14.5 Å². The van der Waals surface area contributed by atoms with Gasteiger partial charge in [-0.2, -0.15) is 0 Å². The van der Waals surface area contributed by atoms with Crippen molar-refractivity contribution < 1.29 is 13.9 Å². The number of rotatable bonds is 5. The Kier molecular flexibility index (Phi) is 7.43. The Morgan fingerprint density at radius 3 is 2.18 bits per heavy atom. The highest BCUT2D eigenvalue weighted by Gasteiger charge is 2.37. The van der Waals surface area contributed by atoms with Crippen LogP contribution in [0.4, 0.5) is 0 Å². The maximum absolute atomic E-state index is 12.8. The van der Waals surface area contributed by atoms with Gasteiger partial charge in [0.1, 0.15) is 11.3 Å². The van der Waals surface area contributed by atoms with Gasteiger partial charge in [0.2, 0.25) is 10.0 Å². The van der Waals surface area contributed by atoms with Gasteiger partial charge in [0, 0.05) is 20.1 Å². The Morgan fingerprint density at radius 1 is 0.970 bits per heavy atom. The smallest absolute Gasteiger partial charge is 0.396 e. The lowest BCUT2D eigenvalue weighted by atomic mass is 10.0. The van der Waals surface area contributed by atoms with Gasteiger partial charge in [-0.15, -0.1) is 0 Å². The zero-order chi connectivity index (χ0) is 23.8. The molecule has 0 aliphatic carbocycles. The summed E-state index contributed by atoms with van der Waals surface area (Å²) >= 11 is 26.1. The summed E-state index contributed by atoms with van der Waals surface area (Å²) in [7, 11) is 0. The molecule has 0 aliphatic rings. The monoisotopic (exact) mass is 649 g/mol. The van der Waals surface area contributed by atoms with Gasteiger partial charge in [0.05, 0.1) is 4.70 Å². The molecular weight excluding hydrogens is 640 g/mol. The normalized spacial score (nSPS) is 12.5. The van der Waals surface area contributed by atoms with Crippen molar-refractivity contribution in [3.63, 3.8) is 0 Å². The number of carbonyl (C=O) groups excluding carboxylic acids is 1.